The van der Waals surface area contributed by atoms with E-state index in [1.54, 1.807) is 23.1 Å². The molecule has 0 bridgehead atoms. The van der Waals surface area contributed by atoms with Crippen molar-refractivity contribution in [2.75, 3.05) is 13.2 Å². The van der Waals surface area contributed by atoms with E-state index in [1.807, 2.05) is 55.5 Å². The van der Waals surface area contributed by atoms with E-state index < -0.39 is 5.54 Å². The minimum absolute atomic E-state index is 0.000880. The van der Waals surface area contributed by atoms with E-state index in [0.29, 0.717) is 23.6 Å². The third-order valence-corrected chi connectivity index (χ3v) is 8.04. The number of rotatable bonds is 8. The molecule has 1 aromatic heterocycles. The Balaban J connectivity index is 1.65. The summed E-state index contributed by atoms with van der Waals surface area (Å²) in [5.74, 6) is 0.000880. The average Bonchev–Trinajstić information content (AvgIpc) is 2.83. The molecule has 0 saturated heterocycles. The van der Waals surface area contributed by atoms with Gasteiger partial charge >= 0.3 is 0 Å². The molecule has 1 unspecified atom stereocenters. The largest absolute Gasteiger partial charge is 0.394 e. The van der Waals surface area contributed by atoms with Gasteiger partial charge in [0.1, 0.15) is 0 Å². The highest BCUT2D eigenvalue weighted by Gasteiger charge is 2.22. The Labute approximate surface area is 202 Å². The van der Waals surface area contributed by atoms with Crippen LogP contribution in [0.1, 0.15) is 30.3 Å². The normalized spacial score (nSPS) is 13.0. The standard InChI is InChI=1S/C26H26BNO3S2/c1-16(27)18-3-5-19(6-4-18)32-20-7-9-24-22(13-20)25(31)21-12-17(2-8-23(21)33-24)10-11-26(28,14-29)15-30/h2-9,12-13,16,29-30H,10-11,14-15,28H2,1H3. The molecule has 3 aromatic carbocycles. The van der Waals surface area contributed by atoms with Crippen LogP contribution in [0.2, 0.25) is 0 Å². The van der Waals surface area contributed by atoms with Crippen LogP contribution in [0, 0.1) is 0 Å². The molecule has 0 fully saturated rings. The fourth-order valence-corrected chi connectivity index (χ4v) is 5.57. The highest BCUT2D eigenvalue weighted by Crippen LogP contribution is 2.33. The number of aliphatic hydroxyl groups excluding tert-OH is 2. The van der Waals surface area contributed by atoms with E-state index >= 15 is 0 Å². The molecule has 1 atom stereocenters. The van der Waals surface area contributed by atoms with Crippen LogP contribution in [-0.4, -0.2) is 36.8 Å². The first-order valence-corrected chi connectivity index (χ1v) is 12.5. The fourth-order valence-electron chi connectivity index (χ4n) is 3.68. The van der Waals surface area contributed by atoms with Crippen LogP contribution in [-0.2, 0) is 6.42 Å². The van der Waals surface area contributed by atoms with E-state index in [9.17, 15) is 15.0 Å². The van der Waals surface area contributed by atoms with Crippen molar-refractivity contribution in [1.29, 1.82) is 0 Å². The zero-order valence-corrected chi connectivity index (χ0v) is 20.1. The number of hydrogen-bond donors (Lipinski definition) is 3. The Hall–Kier alpha value is -2.16. The van der Waals surface area contributed by atoms with Crippen LogP contribution in [0.15, 0.2) is 75.2 Å². The number of aryl methyl sites for hydroxylation is 1. The van der Waals surface area contributed by atoms with Gasteiger partial charge in [0.2, 0.25) is 0 Å². The molecule has 0 spiro atoms. The van der Waals surface area contributed by atoms with E-state index in [1.165, 1.54) is 0 Å². The van der Waals surface area contributed by atoms with Gasteiger partial charge in [0.05, 0.1) is 26.6 Å². The summed E-state index contributed by atoms with van der Waals surface area (Å²) < 4.78 is 1.89. The highest BCUT2D eigenvalue weighted by molar-refractivity contribution is 7.99. The molecule has 33 heavy (non-hydrogen) atoms. The van der Waals surface area contributed by atoms with Crippen molar-refractivity contribution in [3.63, 3.8) is 0 Å². The number of hydrogen-bond acceptors (Lipinski definition) is 6. The maximum absolute atomic E-state index is 13.4. The van der Waals surface area contributed by atoms with E-state index in [-0.39, 0.29) is 24.5 Å². The van der Waals surface area contributed by atoms with Crippen molar-refractivity contribution >= 4 is 51.1 Å². The molecule has 4 N–H and O–H groups in total. The van der Waals surface area contributed by atoms with Crippen LogP contribution in [0.4, 0.5) is 0 Å². The first-order valence-electron chi connectivity index (χ1n) is 10.9. The van der Waals surface area contributed by atoms with Crippen molar-refractivity contribution in [2.45, 2.75) is 40.9 Å². The molecule has 1 heterocycles. The second-order valence-electron chi connectivity index (χ2n) is 8.56. The quantitative estimate of drug-likeness (QED) is 0.260. The van der Waals surface area contributed by atoms with Gasteiger partial charge in [0.25, 0.3) is 0 Å². The van der Waals surface area contributed by atoms with Crippen LogP contribution in [0.25, 0.3) is 20.2 Å². The molecule has 0 aliphatic rings. The van der Waals surface area contributed by atoms with E-state index in [2.05, 4.69) is 12.1 Å². The number of nitrogens with two attached hydrogens (primary N) is 1. The molecule has 0 aliphatic carbocycles. The summed E-state index contributed by atoms with van der Waals surface area (Å²) in [7, 11) is 5.94. The third-order valence-electron chi connectivity index (χ3n) is 5.89. The zero-order chi connectivity index (χ0) is 23.6. The van der Waals surface area contributed by atoms with Gasteiger partial charge < -0.3 is 15.9 Å². The Morgan fingerprint density at radius 2 is 1.58 bits per heavy atom. The Morgan fingerprint density at radius 3 is 2.21 bits per heavy atom. The van der Waals surface area contributed by atoms with Gasteiger partial charge in [-0.2, -0.15) is 0 Å². The van der Waals surface area contributed by atoms with Gasteiger partial charge in [-0.25, -0.2) is 0 Å². The maximum atomic E-state index is 13.4. The molecule has 0 amide bonds. The lowest BCUT2D eigenvalue weighted by Crippen LogP contribution is -2.47. The molecular formula is C26H26BNO3S2. The predicted octanol–water partition coefficient (Wildman–Crippen LogP) is 4.41. The lowest BCUT2D eigenvalue weighted by molar-refractivity contribution is 0.115. The summed E-state index contributed by atoms with van der Waals surface area (Å²) in [5, 5.41) is 20.2. The highest BCUT2D eigenvalue weighted by atomic mass is 32.2. The SMILES string of the molecule is [B]C(C)c1ccc(Sc2ccc3sc4ccc(CCC(N)(CO)CO)cc4c(=O)c3c2)cc1. The van der Waals surface area contributed by atoms with Gasteiger partial charge in [0, 0.05) is 30.0 Å². The average molecular weight is 475 g/mol. The maximum Gasteiger partial charge on any atom is 0.195 e. The Bertz CT molecular complexity index is 1330. The molecule has 0 aliphatic heterocycles. The van der Waals surface area contributed by atoms with Crippen molar-refractivity contribution in [3.8, 4) is 0 Å². The van der Waals surface area contributed by atoms with E-state index in [0.717, 1.165) is 30.3 Å². The summed E-state index contributed by atoms with van der Waals surface area (Å²) in [5.41, 5.74) is 7.04. The molecule has 4 nitrogen and oxygen atoms in total. The van der Waals surface area contributed by atoms with Gasteiger partial charge in [-0.05, 0) is 60.9 Å². The smallest absolute Gasteiger partial charge is 0.195 e. The van der Waals surface area contributed by atoms with Crippen molar-refractivity contribution < 1.29 is 10.2 Å². The van der Waals surface area contributed by atoms with Crippen LogP contribution in [0.5, 0.6) is 0 Å². The topological polar surface area (TPSA) is 83.6 Å². The summed E-state index contributed by atoms with van der Waals surface area (Å²) in [6.07, 6.45) is 1.00. The lowest BCUT2D eigenvalue weighted by Gasteiger charge is -2.24. The summed E-state index contributed by atoms with van der Waals surface area (Å²) in [6.45, 7) is 1.39. The molecule has 0 saturated carbocycles. The fraction of sp³-hybridized carbons (Fsp3) is 0.269. The predicted molar refractivity (Wildman–Crippen MR) is 140 cm³/mol. The molecule has 7 heteroatoms. The molecule has 4 rings (SSSR count). The second kappa shape index (κ2) is 9.99. The first-order chi connectivity index (χ1) is 15.8. The minimum Gasteiger partial charge on any atom is -0.394 e. The summed E-state index contributed by atoms with van der Waals surface area (Å²) >= 11 is 3.22. The Morgan fingerprint density at radius 1 is 0.970 bits per heavy atom. The van der Waals surface area contributed by atoms with Crippen molar-refractivity contribution in [2.24, 2.45) is 5.73 Å². The molecular weight excluding hydrogens is 449 g/mol. The number of fused-ring (bicyclic) bond motifs is 2. The Kier molecular flexibility index (Phi) is 7.26. The van der Waals surface area contributed by atoms with Gasteiger partial charge in [-0.1, -0.05) is 48.3 Å². The summed E-state index contributed by atoms with van der Waals surface area (Å²) in [6, 6.07) is 20.1. The van der Waals surface area contributed by atoms with Crippen molar-refractivity contribution in [1.82, 2.24) is 0 Å². The lowest BCUT2D eigenvalue weighted by atomic mass is 9.83. The van der Waals surface area contributed by atoms with Crippen LogP contribution in [0.3, 0.4) is 0 Å². The number of aliphatic hydroxyl groups is 2. The monoisotopic (exact) mass is 475 g/mol. The van der Waals surface area contributed by atoms with Crippen LogP contribution < -0.4 is 11.2 Å². The van der Waals surface area contributed by atoms with Gasteiger partial charge in [0.15, 0.2) is 5.43 Å². The van der Waals surface area contributed by atoms with Gasteiger partial charge in [-0.15, -0.1) is 11.3 Å². The number of benzene rings is 3. The molecule has 4 aromatic rings. The third kappa shape index (κ3) is 5.34. The molecule has 2 radical (unpaired) electrons. The van der Waals surface area contributed by atoms with Crippen LogP contribution >= 0.6 is 23.1 Å². The minimum atomic E-state index is -1.02. The zero-order valence-electron chi connectivity index (χ0n) is 18.5. The van der Waals surface area contributed by atoms with Crippen molar-refractivity contribution in [3.05, 3.63) is 82.0 Å². The van der Waals surface area contributed by atoms with E-state index in [4.69, 9.17) is 13.6 Å². The van der Waals surface area contributed by atoms with Gasteiger partial charge in [-0.3, -0.25) is 4.79 Å². The molecule has 168 valence electrons. The first kappa shape index (κ1) is 24.0. The second-order valence-corrected chi connectivity index (χ2v) is 10.8. The summed E-state index contributed by atoms with van der Waals surface area (Å²) in [4.78, 5) is 15.5.